The van der Waals surface area contributed by atoms with Gasteiger partial charge in [0.25, 0.3) is 5.91 Å². The maximum absolute atomic E-state index is 13.1. The molecular formula is C27H24N4O5S. The summed E-state index contributed by atoms with van der Waals surface area (Å²) in [6.45, 7) is 4.37. The van der Waals surface area contributed by atoms with Crippen molar-refractivity contribution in [2.45, 2.75) is 25.3 Å². The van der Waals surface area contributed by atoms with Gasteiger partial charge in [-0.1, -0.05) is 6.07 Å². The summed E-state index contributed by atoms with van der Waals surface area (Å²) in [5.74, 6) is 2.80. The van der Waals surface area contributed by atoms with Crippen molar-refractivity contribution in [2.24, 2.45) is 0 Å². The third-order valence-corrected chi connectivity index (χ3v) is 6.23. The largest absolute Gasteiger partial charge is 0.459 e. The fourth-order valence-corrected chi connectivity index (χ4v) is 4.08. The molecule has 0 atom stereocenters. The molecule has 3 aromatic heterocycles. The molecular weight excluding hydrogens is 492 g/mol. The Morgan fingerprint density at radius 1 is 1.08 bits per heavy atom. The van der Waals surface area contributed by atoms with Crippen LogP contribution in [0.3, 0.4) is 0 Å². The van der Waals surface area contributed by atoms with Crippen molar-refractivity contribution in [3.8, 4) is 11.5 Å². The van der Waals surface area contributed by atoms with E-state index in [1.165, 1.54) is 7.11 Å². The number of pyridine rings is 1. The Kier molecular flexibility index (Phi) is 7.22. The minimum Gasteiger partial charge on any atom is -0.459 e. The van der Waals surface area contributed by atoms with Crippen LogP contribution in [-0.4, -0.2) is 27.6 Å². The predicted molar refractivity (Wildman–Crippen MR) is 140 cm³/mol. The number of rotatable bonds is 9. The molecule has 0 saturated carbocycles. The van der Waals surface area contributed by atoms with Gasteiger partial charge in [0.1, 0.15) is 34.5 Å². The van der Waals surface area contributed by atoms with Crippen LogP contribution in [0.5, 0.6) is 11.5 Å². The number of benzene rings is 2. The van der Waals surface area contributed by atoms with E-state index in [1.54, 1.807) is 30.6 Å². The van der Waals surface area contributed by atoms with Crippen LogP contribution in [0.15, 0.2) is 82.5 Å². The van der Waals surface area contributed by atoms with Gasteiger partial charge in [-0.25, -0.2) is 14.9 Å². The lowest BCUT2D eigenvalue weighted by molar-refractivity contribution is -0.160. The molecule has 1 N–H and O–H groups in total. The molecule has 188 valence electrons. The molecule has 2 aromatic carbocycles. The first-order valence-electron chi connectivity index (χ1n) is 11.4. The molecule has 5 rings (SSSR count). The maximum Gasteiger partial charge on any atom is 0.257 e. The van der Waals surface area contributed by atoms with Crippen LogP contribution in [0.1, 0.15) is 27.5 Å². The fourth-order valence-electron chi connectivity index (χ4n) is 3.69. The van der Waals surface area contributed by atoms with E-state index < -0.39 is 0 Å². The number of anilines is 1. The summed E-state index contributed by atoms with van der Waals surface area (Å²) in [5, 5.41) is 3.58. The molecule has 0 unspecified atom stereocenters. The van der Waals surface area contributed by atoms with Crippen LogP contribution in [0.4, 0.5) is 5.82 Å². The highest BCUT2D eigenvalue weighted by Crippen LogP contribution is 2.35. The Balaban J connectivity index is 1.48. The van der Waals surface area contributed by atoms with Gasteiger partial charge in [-0.15, -0.1) is 0 Å². The summed E-state index contributed by atoms with van der Waals surface area (Å²) in [6, 6.07) is 16.3. The van der Waals surface area contributed by atoms with Gasteiger partial charge < -0.3 is 19.0 Å². The second-order valence-electron chi connectivity index (χ2n) is 8.27. The molecule has 10 heteroatoms. The Morgan fingerprint density at radius 3 is 2.62 bits per heavy atom. The average Bonchev–Trinajstić information content (AvgIpc) is 3.50. The lowest BCUT2D eigenvalue weighted by atomic mass is 10.1. The molecule has 0 aliphatic carbocycles. The molecule has 1 amide bonds. The van der Waals surface area contributed by atoms with Gasteiger partial charge in [-0.2, -0.15) is 4.33 Å². The number of fused-ring (bicyclic) bond motifs is 1. The molecule has 9 nitrogen and oxygen atoms in total. The predicted octanol–water partition coefficient (Wildman–Crippen LogP) is 6.32. The lowest BCUT2D eigenvalue weighted by Gasteiger charge is -2.10. The van der Waals surface area contributed by atoms with Crippen molar-refractivity contribution in [3.05, 3.63) is 95.9 Å². The summed E-state index contributed by atoms with van der Waals surface area (Å²) >= 11 is 1.09. The number of nitrogens with one attached hydrogen (secondary N) is 1. The number of amides is 1. The first-order chi connectivity index (χ1) is 18.0. The zero-order valence-electron chi connectivity index (χ0n) is 20.4. The second kappa shape index (κ2) is 10.9. The van der Waals surface area contributed by atoms with Crippen LogP contribution in [0.25, 0.3) is 11.0 Å². The summed E-state index contributed by atoms with van der Waals surface area (Å²) in [7, 11) is 1.45. The Hall–Kier alpha value is -4.12. The number of carbonyl (C=O) groups excluding carboxylic acids is 1. The summed E-state index contributed by atoms with van der Waals surface area (Å²) in [6.07, 6.45) is 5.33. The number of ether oxygens (including phenoxy) is 1. The molecule has 0 spiro atoms. The molecule has 0 aliphatic rings. The van der Waals surface area contributed by atoms with Gasteiger partial charge in [-0.05, 0) is 67.9 Å². The van der Waals surface area contributed by atoms with Gasteiger partial charge in [0.05, 0.1) is 31.1 Å². The van der Waals surface area contributed by atoms with Gasteiger partial charge >= 0.3 is 0 Å². The number of hydrogen-bond donors (Lipinski definition) is 1. The van der Waals surface area contributed by atoms with Gasteiger partial charge in [0, 0.05) is 29.0 Å². The zero-order chi connectivity index (χ0) is 25.8. The van der Waals surface area contributed by atoms with Crippen molar-refractivity contribution in [1.82, 2.24) is 14.5 Å². The fraction of sp³-hybridized carbons (Fsp3) is 0.148. The smallest absolute Gasteiger partial charge is 0.257 e. The number of nitrogens with zero attached hydrogens (tertiary/aromatic N) is 3. The highest BCUT2D eigenvalue weighted by Gasteiger charge is 2.17. The van der Waals surface area contributed by atoms with Gasteiger partial charge in [-0.3, -0.25) is 4.79 Å². The molecule has 5 aromatic rings. The third kappa shape index (κ3) is 5.83. The van der Waals surface area contributed by atoms with Gasteiger partial charge in [0.2, 0.25) is 0 Å². The first-order valence-corrected chi connectivity index (χ1v) is 12.2. The average molecular weight is 517 g/mol. The SMILES string of the molecule is COOSc1ccc(Oc2cc(C(=O)Nc3ccc(C)cn3)cc3oc(Cn4ccnc4C)cc23)cc1. The molecule has 0 saturated heterocycles. The number of imidazole rings is 1. The van der Waals surface area contributed by atoms with Crippen LogP contribution in [0.2, 0.25) is 0 Å². The highest BCUT2D eigenvalue weighted by molar-refractivity contribution is 7.94. The summed E-state index contributed by atoms with van der Waals surface area (Å²) in [4.78, 5) is 27.1. The molecule has 37 heavy (non-hydrogen) atoms. The van der Waals surface area contributed by atoms with E-state index >= 15 is 0 Å². The number of hydrogen-bond acceptors (Lipinski definition) is 8. The van der Waals surface area contributed by atoms with E-state index in [1.807, 2.05) is 61.0 Å². The Bertz CT molecular complexity index is 1530. The van der Waals surface area contributed by atoms with E-state index in [4.69, 9.17) is 13.5 Å². The molecule has 0 radical (unpaired) electrons. The Labute approximate surface area is 217 Å². The Morgan fingerprint density at radius 2 is 1.92 bits per heavy atom. The normalized spacial score (nSPS) is 11.1. The van der Waals surface area contributed by atoms with Crippen LogP contribution in [-0.2, 0) is 15.8 Å². The van der Waals surface area contributed by atoms with Gasteiger partial charge in [0.15, 0.2) is 0 Å². The molecule has 0 fully saturated rings. The van der Waals surface area contributed by atoms with Crippen molar-refractivity contribution >= 4 is 34.7 Å². The van der Waals surface area contributed by atoms with E-state index in [0.29, 0.717) is 40.8 Å². The number of aryl methyl sites for hydroxylation is 2. The van der Waals surface area contributed by atoms with Crippen molar-refractivity contribution in [3.63, 3.8) is 0 Å². The lowest BCUT2D eigenvalue weighted by Crippen LogP contribution is -2.13. The number of carbonyl (C=O) groups is 1. The summed E-state index contributed by atoms with van der Waals surface area (Å²) in [5.41, 5.74) is 1.92. The van der Waals surface area contributed by atoms with Crippen molar-refractivity contribution < 1.29 is 23.2 Å². The zero-order valence-corrected chi connectivity index (χ0v) is 21.2. The minimum absolute atomic E-state index is 0.324. The monoisotopic (exact) mass is 516 g/mol. The molecule has 0 bridgehead atoms. The topological polar surface area (TPSA) is 101 Å². The summed E-state index contributed by atoms with van der Waals surface area (Å²) < 4.78 is 19.2. The van der Waals surface area contributed by atoms with Crippen LogP contribution < -0.4 is 10.1 Å². The standard InChI is InChI=1S/C27H24N4O5S/c1-17-4-9-26(29-15-17)30-27(32)19-12-24(34-20-5-7-22(8-6-20)37-36-33-3)23-14-21(35-25(23)13-19)16-31-11-10-28-18(31)2/h4-15H,16H2,1-3H3,(H,29,30,32). The quantitative estimate of drug-likeness (QED) is 0.138. The second-order valence-corrected chi connectivity index (χ2v) is 9.04. The minimum atomic E-state index is -0.324. The van der Waals surface area contributed by atoms with E-state index in [-0.39, 0.29) is 5.91 Å². The van der Waals surface area contributed by atoms with Crippen LogP contribution >= 0.6 is 12.0 Å². The molecule has 0 aliphatic heterocycles. The number of aromatic nitrogens is 3. The van der Waals surface area contributed by atoms with E-state index in [2.05, 4.69) is 20.2 Å². The van der Waals surface area contributed by atoms with Crippen molar-refractivity contribution in [1.29, 1.82) is 0 Å². The number of furan rings is 1. The first kappa shape index (κ1) is 24.6. The highest BCUT2D eigenvalue weighted by atomic mass is 32.2. The van der Waals surface area contributed by atoms with Crippen LogP contribution in [0, 0.1) is 13.8 Å². The molecule has 3 heterocycles. The van der Waals surface area contributed by atoms with E-state index in [0.717, 1.165) is 33.7 Å². The maximum atomic E-state index is 13.1. The van der Waals surface area contributed by atoms with E-state index in [9.17, 15) is 4.79 Å². The third-order valence-electron chi connectivity index (χ3n) is 5.57. The van der Waals surface area contributed by atoms with Crippen molar-refractivity contribution in [2.75, 3.05) is 12.4 Å².